The van der Waals surface area contributed by atoms with Crippen LogP contribution in [0.2, 0.25) is 0 Å². The molecule has 0 rings (SSSR count). The average Bonchev–Trinajstić information content (AvgIpc) is 3.46. The molecule has 9 heteroatoms. The van der Waals surface area contributed by atoms with E-state index in [1.54, 1.807) is 0 Å². The molecule has 83 heavy (non-hydrogen) atoms. The minimum atomic E-state index is -1.54. The number of hydrogen-bond acceptors (Lipinski definition) is 7. The van der Waals surface area contributed by atoms with Crippen molar-refractivity contribution in [3.8, 4) is 0 Å². The number of esters is 2. The highest BCUT2D eigenvalue weighted by atomic mass is 16.7. The van der Waals surface area contributed by atoms with Gasteiger partial charge in [0.2, 0.25) is 0 Å². The number of carbonyl (C=O) groups excluding carboxylic acids is 2. The summed E-state index contributed by atoms with van der Waals surface area (Å²) >= 11 is 0. The lowest BCUT2D eigenvalue weighted by molar-refractivity contribution is -0.870. The fourth-order valence-electron chi connectivity index (χ4n) is 7.57. The molecule has 1 N–H and O–H groups in total. The summed E-state index contributed by atoms with van der Waals surface area (Å²) in [6, 6.07) is 0. The maximum absolute atomic E-state index is 12.9. The molecule has 0 aromatic heterocycles. The molecule has 0 radical (unpaired) electrons. The zero-order valence-corrected chi connectivity index (χ0v) is 52.5. The summed E-state index contributed by atoms with van der Waals surface area (Å²) in [5.74, 6) is -2.11. The van der Waals surface area contributed by atoms with Crippen LogP contribution < -0.4 is 0 Å². The quantitative estimate of drug-likeness (QED) is 0.0211. The molecule has 9 nitrogen and oxygen atoms in total. The molecule has 462 valence electrons. The van der Waals surface area contributed by atoms with Crippen LogP contribution in [-0.4, -0.2) is 87.4 Å². The molecular weight excluding hydrogens is 1030 g/mol. The first-order valence-corrected chi connectivity index (χ1v) is 31.6. The summed E-state index contributed by atoms with van der Waals surface area (Å²) in [6.07, 6.45) is 93.7. The highest BCUT2D eigenvalue weighted by Gasteiger charge is 2.25. The standard InChI is InChI=1S/C74H113NO8/c1-6-8-10-12-14-16-18-20-22-24-26-28-30-32-33-34-35-36-37-38-39-41-43-45-47-49-51-53-55-57-59-61-63-65-72(77)83-70(69-82-74(73(78)79)80-67-66-75(3,4)5)68-81-71(76)64-62-60-58-56-54-52-50-48-46-44-42-40-31-29-27-25-23-21-19-17-15-13-11-9-7-2/h8-11,14-17,20-23,26-29,32-33,35-36,38-40,42-43,45-46,48-49,51-52,54,70,74H,6-7,12-13,18-19,24-25,30-31,34,37,41,44,47,50,53,55-69H2,1-5H3/p+1/b10-8-,11-9-,16-14-,17-15-,22-20-,23-21-,28-26-,29-27-,33-32-,36-35-,39-38-,42-40-,45-43-,48-46-,51-49-,54-52-. The van der Waals surface area contributed by atoms with E-state index in [-0.39, 0.29) is 32.7 Å². The minimum absolute atomic E-state index is 0.165. The maximum Gasteiger partial charge on any atom is 0.361 e. The van der Waals surface area contributed by atoms with Crippen molar-refractivity contribution in [2.45, 2.75) is 206 Å². The summed E-state index contributed by atoms with van der Waals surface area (Å²) in [5, 5.41) is 9.72. The lowest BCUT2D eigenvalue weighted by Crippen LogP contribution is -2.40. The van der Waals surface area contributed by atoms with Gasteiger partial charge in [-0.1, -0.05) is 234 Å². The third kappa shape index (κ3) is 63.6. The molecule has 0 fully saturated rings. The molecule has 0 bridgehead atoms. The Morgan fingerprint density at radius 3 is 0.976 bits per heavy atom. The highest BCUT2D eigenvalue weighted by Crippen LogP contribution is 2.12. The van der Waals surface area contributed by atoms with Crippen LogP contribution in [0, 0.1) is 0 Å². The number of carbonyl (C=O) groups is 3. The van der Waals surface area contributed by atoms with E-state index >= 15 is 0 Å². The molecular formula is C74H114NO8+. The van der Waals surface area contributed by atoms with E-state index in [1.165, 1.54) is 0 Å². The van der Waals surface area contributed by atoms with E-state index in [1.807, 2.05) is 21.1 Å². The number of ether oxygens (including phenoxy) is 4. The van der Waals surface area contributed by atoms with Gasteiger partial charge in [-0.15, -0.1) is 0 Å². The second-order valence-electron chi connectivity index (χ2n) is 21.2. The van der Waals surface area contributed by atoms with E-state index in [0.717, 1.165) is 154 Å². The molecule has 0 aliphatic carbocycles. The lowest BCUT2D eigenvalue weighted by atomic mass is 10.1. The molecule has 0 aromatic rings. The molecule has 0 amide bonds. The number of aliphatic carboxylic acids is 1. The van der Waals surface area contributed by atoms with Gasteiger partial charge in [0.15, 0.2) is 6.10 Å². The summed E-state index contributed by atoms with van der Waals surface area (Å²) < 4.78 is 22.8. The SMILES string of the molecule is CC/C=C\C/C=C\C/C=C\C/C=C\C/C=C\C/C=C\C/C=C\C/C=C\C/C=C\CCCCCCCC(=O)OC(COC(=O)CCCCC/C=C\C/C=C\C/C=C\C/C=C\C/C=C\C/C=C\C/C=C\CC)COC(OCC[N+](C)(C)C)C(=O)O. The monoisotopic (exact) mass is 1140 g/mol. The summed E-state index contributed by atoms with van der Waals surface area (Å²) in [6.45, 7) is 4.55. The van der Waals surface area contributed by atoms with Crippen LogP contribution in [0.3, 0.4) is 0 Å². The topological polar surface area (TPSA) is 108 Å². The second-order valence-corrected chi connectivity index (χ2v) is 21.2. The summed E-state index contributed by atoms with van der Waals surface area (Å²) in [4.78, 5) is 37.5. The number of hydrogen-bond donors (Lipinski definition) is 1. The highest BCUT2D eigenvalue weighted by molar-refractivity contribution is 5.71. The number of unbranched alkanes of at least 4 members (excludes halogenated alkanes) is 8. The number of carboxylic acids is 1. The average molecular weight is 1150 g/mol. The van der Waals surface area contributed by atoms with Crippen molar-refractivity contribution in [3.63, 3.8) is 0 Å². The molecule has 2 unspecified atom stereocenters. The van der Waals surface area contributed by atoms with E-state index in [4.69, 9.17) is 18.9 Å². The van der Waals surface area contributed by atoms with E-state index in [9.17, 15) is 19.5 Å². The molecule has 0 spiro atoms. The summed E-state index contributed by atoms with van der Waals surface area (Å²) in [7, 11) is 5.93. The predicted octanol–water partition coefficient (Wildman–Crippen LogP) is 19.5. The van der Waals surface area contributed by atoms with Crippen molar-refractivity contribution in [3.05, 3.63) is 194 Å². The number of quaternary nitrogens is 1. The van der Waals surface area contributed by atoms with Gasteiger partial charge in [-0.25, -0.2) is 4.79 Å². The van der Waals surface area contributed by atoms with Crippen LogP contribution in [0.4, 0.5) is 0 Å². The van der Waals surface area contributed by atoms with Crippen molar-refractivity contribution < 1.29 is 42.9 Å². The van der Waals surface area contributed by atoms with Gasteiger partial charge in [-0.05, 0) is 141 Å². The predicted molar refractivity (Wildman–Crippen MR) is 354 cm³/mol. The number of allylic oxidation sites excluding steroid dienone is 32. The second kappa shape index (κ2) is 62.2. The van der Waals surface area contributed by atoms with Crippen molar-refractivity contribution >= 4 is 17.9 Å². The van der Waals surface area contributed by atoms with Crippen molar-refractivity contribution in [1.82, 2.24) is 0 Å². The Hall–Kier alpha value is -5.87. The fraction of sp³-hybridized carbons (Fsp3) is 0.527. The third-order valence-corrected chi connectivity index (χ3v) is 12.3. The number of rotatable bonds is 55. The first-order chi connectivity index (χ1) is 40.6. The Labute approximate surface area is 506 Å². The van der Waals surface area contributed by atoms with Crippen LogP contribution in [0.1, 0.15) is 194 Å². The van der Waals surface area contributed by atoms with Crippen molar-refractivity contribution in [2.75, 3.05) is 47.5 Å². The molecule has 0 aliphatic rings. The van der Waals surface area contributed by atoms with Gasteiger partial charge in [-0.3, -0.25) is 9.59 Å². The largest absolute Gasteiger partial charge is 0.477 e. The molecule has 0 saturated heterocycles. The number of nitrogens with zero attached hydrogens (tertiary/aromatic N) is 1. The Morgan fingerprint density at radius 2 is 0.651 bits per heavy atom. The van der Waals surface area contributed by atoms with Crippen LogP contribution in [0.25, 0.3) is 0 Å². The Bertz CT molecular complexity index is 2060. The Morgan fingerprint density at radius 1 is 0.361 bits per heavy atom. The van der Waals surface area contributed by atoms with E-state index in [0.29, 0.717) is 23.9 Å². The molecule has 0 aliphatic heterocycles. The van der Waals surface area contributed by atoms with Gasteiger partial charge in [0.25, 0.3) is 6.29 Å². The van der Waals surface area contributed by atoms with Gasteiger partial charge < -0.3 is 28.5 Å². The molecule has 0 saturated carbocycles. The first kappa shape index (κ1) is 77.1. The fourth-order valence-corrected chi connectivity index (χ4v) is 7.57. The van der Waals surface area contributed by atoms with Crippen LogP contribution in [-0.2, 0) is 33.3 Å². The zero-order valence-electron chi connectivity index (χ0n) is 52.5. The Kier molecular flexibility index (Phi) is 57.8. The minimum Gasteiger partial charge on any atom is -0.477 e. The third-order valence-electron chi connectivity index (χ3n) is 12.3. The van der Waals surface area contributed by atoms with Gasteiger partial charge in [0, 0.05) is 12.8 Å². The molecule has 0 heterocycles. The van der Waals surface area contributed by atoms with Gasteiger partial charge in [0.05, 0.1) is 34.4 Å². The number of likely N-dealkylation sites (N-methyl/N-ethyl adjacent to an activating group) is 1. The normalized spacial score (nSPS) is 14.1. The van der Waals surface area contributed by atoms with E-state index in [2.05, 4.69) is 208 Å². The summed E-state index contributed by atoms with van der Waals surface area (Å²) in [5.41, 5.74) is 0. The van der Waals surface area contributed by atoms with Crippen LogP contribution in [0.5, 0.6) is 0 Å². The number of carboxylic acid groups (broad SMARTS) is 1. The smallest absolute Gasteiger partial charge is 0.361 e. The van der Waals surface area contributed by atoms with Crippen LogP contribution in [0.15, 0.2) is 194 Å². The first-order valence-electron chi connectivity index (χ1n) is 31.6. The van der Waals surface area contributed by atoms with Crippen LogP contribution >= 0.6 is 0 Å². The van der Waals surface area contributed by atoms with Gasteiger partial charge in [0.1, 0.15) is 13.2 Å². The lowest BCUT2D eigenvalue weighted by Gasteiger charge is -2.25. The van der Waals surface area contributed by atoms with Gasteiger partial charge in [-0.2, -0.15) is 0 Å². The van der Waals surface area contributed by atoms with Gasteiger partial charge >= 0.3 is 17.9 Å². The van der Waals surface area contributed by atoms with Crippen molar-refractivity contribution in [1.29, 1.82) is 0 Å². The Balaban J connectivity index is 4.38. The maximum atomic E-state index is 12.9. The van der Waals surface area contributed by atoms with E-state index < -0.39 is 30.3 Å². The van der Waals surface area contributed by atoms with Crippen molar-refractivity contribution in [2.24, 2.45) is 0 Å². The molecule has 0 aromatic carbocycles. The molecule has 2 atom stereocenters. The zero-order chi connectivity index (χ0) is 60.5.